The molecule has 0 unspecified atom stereocenters. The molecule has 1 amide bonds. The van der Waals surface area contributed by atoms with Crippen molar-refractivity contribution < 1.29 is 9.18 Å². The Morgan fingerprint density at radius 1 is 1.00 bits per heavy atom. The summed E-state index contributed by atoms with van der Waals surface area (Å²) in [7, 11) is 0. The van der Waals surface area contributed by atoms with Crippen molar-refractivity contribution >= 4 is 29.2 Å². The molecule has 0 bridgehead atoms. The van der Waals surface area contributed by atoms with Crippen LogP contribution in [0.1, 0.15) is 22.7 Å². The van der Waals surface area contributed by atoms with E-state index in [4.69, 9.17) is 11.6 Å². The topological polar surface area (TPSA) is 75.9 Å². The van der Waals surface area contributed by atoms with Crippen molar-refractivity contribution in [3.05, 3.63) is 112 Å². The quantitative estimate of drug-likeness (QED) is 0.452. The van der Waals surface area contributed by atoms with Crippen molar-refractivity contribution in [1.29, 1.82) is 0 Å². The van der Waals surface area contributed by atoms with Gasteiger partial charge in [0.15, 0.2) is 0 Å². The minimum atomic E-state index is -0.375. The Morgan fingerprint density at radius 2 is 1.74 bits per heavy atom. The van der Waals surface area contributed by atoms with Crippen LogP contribution in [0.5, 0.6) is 0 Å². The number of amides is 1. The fraction of sp³-hybridized carbons (Fsp3) is 0.120. The first-order valence-electron chi connectivity index (χ1n) is 10.7. The molecule has 1 aromatic heterocycles. The highest BCUT2D eigenvalue weighted by Crippen LogP contribution is 2.36. The second-order valence-electron chi connectivity index (χ2n) is 7.83. The summed E-state index contributed by atoms with van der Waals surface area (Å²) >= 11 is 6.10. The third kappa shape index (κ3) is 4.53. The lowest BCUT2D eigenvalue weighted by Gasteiger charge is -2.32. The first-order valence-corrected chi connectivity index (χ1v) is 11.1. The van der Waals surface area contributed by atoms with Crippen LogP contribution < -0.4 is 10.2 Å². The minimum Gasteiger partial charge on any atom is -0.350 e. The number of tetrazole rings is 1. The normalized spacial score (nSPS) is 14.9. The maximum absolute atomic E-state index is 13.5. The number of halogens is 2. The zero-order valence-electron chi connectivity index (χ0n) is 18.0. The second kappa shape index (κ2) is 9.44. The maximum atomic E-state index is 13.5. The van der Waals surface area contributed by atoms with E-state index in [1.165, 1.54) is 12.1 Å². The van der Waals surface area contributed by atoms with E-state index in [1.54, 1.807) is 33.8 Å². The van der Waals surface area contributed by atoms with Gasteiger partial charge >= 0.3 is 0 Å². The molecule has 3 aromatic carbocycles. The van der Waals surface area contributed by atoms with Crippen LogP contribution in [0.15, 0.2) is 84.9 Å². The van der Waals surface area contributed by atoms with E-state index in [-0.39, 0.29) is 24.3 Å². The number of nitrogens with one attached hydrogen (secondary N) is 1. The van der Waals surface area contributed by atoms with E-state index in [9.17, 15) is 9.18 Å². The van der Waals surface area contributed by atoms with Gasteiger partial charge in [-0.05, 0) is 57.5 Å². The number of carbonyl (C=O) groups excluding carboxylic acids is 1. The number of fused-ring (bicyclic) bond motifs is 1. The van der Waals surface area contributed by atoms with E-state index >= 15 is 0 Å². The molecular weight excluding hydrogens is 455 g/mol. The van der Waals surface area contributed by atoms with E-state index in [0.29, 0.717) is 17.5 Å². The molecule has 1 aliphatic rings. The molecule has 0 saturated carbocycles. The van der Waals surface area contributed by atoms with Crippen LogP contribution >= 0.6 is 11.6 Å². The van der Waals surface area contributed by atoms with Crippen LogP contribution in [0.2, 0.25) is 5.02 Å². The first-order chi connectivity index (χ1) is 16.6. The Labute approximate surface area is 200 Å². The minimum absolute atomic E-state index is 0.0117. The zero-order valence-corrected chi connectivity index (χ0v) is 18.7. The van der Waals surface area contributed by atoms with Gasteiger partial charge in [-0.25, -0.2) is 4.39 Å². The molecule has 9 heteroatoms. The lowest BCUT2D eigenvalue weighted by atomic mass is 10.0. The molecule has 0 aliphatic carbocycles. The molecule has 1 atom stereocenters. The summed E-state index contributed by atoms with van der Waals surface area (Å²) in [6.45, 7) is 0.425. The molecule has 1 N–H and O–H groups in total. The molecule has 7 nitrogen and oxygen atoms in total. The number of carbonyl (C=O) groups is 1. The summed E-state index contributed by atoms with van der Waals surface area (Å²) in [5.41, 5.74) is 3.42. The van der Waals surface area contributed by atoms with Crippen molar-refractivity contribution in [2.75, 3.05) is 11.4 Å². The molecule has 4 aromatic rings. The molecule has 0 radical (unpaired) electrons. The fourth-order valence-electron chi connectivity index (χ4n) is 3.89. The standard InChI is InChI=1S/C25H20ClFN6O/c26-20-10-6-18(7-11-20)22-14-23(19-8-12-21(27)13-9-19)33-25(29-30-31-33)32(22)16-24(34)28-15-17-4-2-1-3-5-17/h1-14,23H,15-16H2,(H,28,34)/t23-/m1/s1. The van der Waals surface area contributed by atoms with Crippen LogP contribution in [-0.4, -0.2) is 32.7 Å². The monoisotopic (exact) mass is 474 g/mol. The Bertz CT molecular complexity index is 1320. The number of anilines is 1. The van der Waals surface area contributed by atoms with Crippen LogP contribution in [0, 0.1) is 5.82 Å². The van der Waals surface area contributed by atoms with Gasteiger partial charge in [-0.3, -0.25) is 9.69 Å². The fourth-order valence-corrected chi connectivity index (χ4v) is 4.01. The van der Waals surface area contributed by atoms with Crippen molar-refractivity contribution in [3.63, 3.8) is 0 Å². The Morgan fingerprint density at radius 3 is 2.47 bits per heavy atom. The average Bonchev–Trinajstić information content (AvgIpc) is 3.35. The van der Waals surface area contributed by atoms with Gasteiger partial charge in [0.2, 0.25) is 5.91 Å². The molecule has 0 saturated heterocycles. The van der Waals surface area contributed by atoms with Crippen LogP contribution in [0.25, 0.3) is 5.70 Å². The van der Waals surface area contributed by atoms with E-state index < -0.39 is 0 Å². The summed E-state index contributed by atoms with van der Waals surface area (Å²) < 4.78 is 15.2. The molecule has 1 aliphatic heterocycles. The number of benzene rings is 3. The van der Waals surface area contributed by atoms with E-state index in [0.717, 1.165) is 22.4 Å². The highest BCUT2D eigenvalue weighted by atomic mass is 35.5. The summed E-state index contributed by atoms with van der Waals surface area (Å²) in [4.78, 5) is 14.7. The SMILES string of the molecule is O=C(CN1C(c2ccc(Cl)cc2)=C[C@H](c2ccc(F)cc2)n2nnnc21)NCc1ccccc1. The van der Waals surface area contributed by atoms with Gasteiger partial charge in [-0.2, -0.15) is 4.68 Å². The predicted octanol–water partition coefficient (Wildman–Crippen LogP) is 4.23. The van der Waals surface area contributed by atoms with Gasteiger partial charge in [-0.1, -0.05) is 71.3 Å². The molecular formula is C25H20ClFN6O. The molecule has 34 heavy (non-hydrogen) atoms. The Kier molecular flexibility index (Phi) is 6.05. The van der Waals surface area contributed by atoms with E-state index in [1.807, 2.05) is 48.5 Å². The highest BCUT2D eigenvalue weighted by Gasteiger charge is 2.31. The molecule has 2 heterocycles. The van der Waals surface area contributed by atoms with Crippen molar-refractivity contribution in [2.45, 2.75) is 12.6 Å². The summed E-state index contributed by atoms with van der Waals surface area (Å²) in [5, 5.41) is 15.8. The van der Waals surface area contributed by atoms with Crippen molar-refractivity contribution in [1.82, 2.24) is 25.5 Å². The number of aromatic nitrogens is 4. The Balaban J connectivity index is 1.49. The molecule has 0 fully saturated rings. The third-order valence-corrected chi connectivity index (χ3v) is 5.82. The lowest BCUT2D eigenvalue weighted by molar-refractivity contribution is -0.119. The number of hydrogen-bond acceptors (Lipinski definition) is 5. The second-order valence-corrected chi connectivity index (χ2v) is 8.26. The van der Waals surface area contributed by atoms with Gasteiger partial charge in [0.05, 0.1) is 5.70 Å². The summed E-state index contributed by atoms with van der Waals surface area (Å²) in [6.07, 6.45) is 1.96. The first kappa shape index (κ1) is 21.8. The largest absolute Gasteiger partial charge is 0.350 e. The molecule has 0 spiro atoms. The number of nitrogens with zero attached hydrogens (tertiary/aromatic N) is 5. The average molecular weight is 475 g/mol. The van der Waals surface area contributed by atoms with Gasteiger partial charge in [-0.15, -0.1) is 0 Å². The predicted molar refractivity (Wildman–Crippen MR) is 127 cm³/mol. The zero-order chi connectivity index (χ0) is 23.5. The lowest BCUT2D eigenvalue weighted by Crippen LogP contribution is -2.39. The maximum Gasteiger partial charge on any atom is 0.251 e. The van der Waals surface area contributed by atoms with Gasteiger partial charge in [0.25, 0.3) is 5.95 Å². The van der Waals surface area contributed by atoms with Gasteiger partial charge < -0.3 is 5.32 Å². The van der Waals surface area contributed by atoms with E-state index in [2.05, 4.69) is 20.8 Å². The van der Waals surface area contributed by atoms with Gasteiger partial charge in [0, 0.05) is 11.6 Å². The number of hydrogen-bond donors (Lipinski definition) is 1. The smallest absolute Gasteiger partial charge is 0.251 e. The van der Waals surface area contributed by atoms with Gasteiger partial charge in [0.1, 0.15) is 18.4 Å². The van der Waals surface area contributed by atoms with Crippen LogP contribution in [-0.2, 0) is 11.3 Å². The highest BCUT2D eigenvalue weighted by molar-refractivity contribution is 6.30. The summed E-state index contributed by atoms with van der Waals surface area (Å²) in [6, 6.07) is 22.8. The van der Waals surface area contributed by atoms with Crippen LogP contribution in [0.4, 0.5) is 10.3 Å². The number of allylic oxidation sites excluding steroid dienone is 1. The third-order valence-electron chi connectivity index (χ3n) is 5.57. The summed E-state index contributed by atoms with van der Waals surface area (Å²) in [5.74, 6) is -0.0924. The van der Waals surface area contributed by atoms with Crippen molar-refractivity contribution in [3.8, 4) is 0 Å². The van der Waals surface area contributed by atoms with Crippen LogP contribution in [0.3, 0.4) is 0 Å². The Hall–Kier alpha value is -4.04. The molecule has 170 valence electrons. The van der Waals surface area contributed by atoms with Crippen molar-refractivity contribution in [2.24, 2.45) is 0 Å². The number of rotatable bonds is 6. The molecule has 5 rings (SSSR count).